The number of aromatic nitrogens is 1. The standard InChI is InChI=1S/C27H31BrN2O6/c1-17(2)35-27(33)30(4)16-21-15-23(10-8-19(21)9-11-25(31)32)34-13-12-24-18(3)36-26(29-24)20-6-5-7-22(28)14-20/h5-8,10,14-15,17H,9,11-13,16H2,1-4H3,(H,31,32). The number of rotatable bonds is 11. The van der Waals surface area contributed by atoms with Crippen molar-refractivity contribution in [2.24, 2.45) is 0 Å². The highest BCUT2D eigenvalue weighted by Gasteiger charge is 2.16. The van der Waals surface area contributed by atoms with Gasteiger partial charge in [-0.2, -0.15) is 0 Å². The molecule has 1 heterocycles. The maximum atomic E-state index is 12.3. The summed E-state index contributed by atoms with van der Waals surface area (Å²) in [6.07, 6.45) is 0.238. The lowest BCUT2D eigenvalue weighted by Crippen LogP contribution is -2.29. The molecule has 0 saturated carbocycles. The van der Waals surface area contributed by atoms with E-state index in [9.17, 15) is 9.59 Å². The zero-order valence-corrected chi connectivity index (χ0v) is 22.5. The predicted molar refractivity (Wildman–Crippen MR) is 139 cm³/mol. The summed E-state index contributed by atoms with van der Waals surface area (Å²) >= 11 is 3.47. The first-order chi connectivity index (χ1) is 17.1. The van der Waals surface area contributed by atoms with E-state index in [1.807, 2.05) is 49.4 Å². The first kappa shape index (κ1) is 27.3. The van der Waals surface area contributed by atoms with Gasteiger partial charge in [-0.1, -0.05) is 28.1 Å². The summed E-state index contributed by atoms with van der Waals surface area (Å²) in [5.74, 6) is 1.05. The molecular weight excluding hydrogens is 528 g/mol. The number of ether oxygens (including phenoxy) is 2. The number of carbonyl (C=O) groups is 2. The van der Waals surface area contributed by atoms with Gasteiger partial charge in [0, 0.05) is 36.5 Å². The Bertz CT molecular complexity index is 1210. The molecule has 0 unspecified atom stereocenters. The largest absolute Gasteiger partial charge is 0.493 e. The molecular formula is C27H31BrN2O6. The molecule has 0 bridgehead atoms. The van der Waals surface area contributed by atoms with Crippen molar-refractivity contribution in [1.82, 2.24) is 9.88 Å². The van der Waals surface area contributed by atoms with Gasteiger partial charge in [-0.05, 0) is 68.7 Å². The van der Waals surface area contributed by atoms with E-state index in [0.29, 0.717) is 31.1 Å². The maximum absolute atomic E-state index is 12.3. The van der Waals surface area contributed by atoms with E-state index in [2.05, 4.69) is 20.9 Å². The second-order valence-electron chi connectivity index (χ2n) is 8.74. The summed E-state index contributed by atoms with van der Waals surface area (Å²) in [5.41, 5.74) is 3.37. The number of nitrogens with zero attached hydrogens (tertiary/aromatic N) is 2. The van der Waals surface area contributed by atoms with Gasteiger partial charge >= 0.3 is 12.1 Å². The normalized spacial score (nSPS) is 10.9. The number of halogens is 1. The van der Waals surface area contributed by atoms with Crippen LogP contribution in [0.5, 0.6) is 5.75 Å². The molecule has 9 heteroatoms. The van der Waals surface area contributed by atoms with Crippen molar-refractivity contribution in [3.8, 4) is 17.2 Å². The monoisotopic (exact) mass is 558 g/mol. The van der Waals surface area contributed by atoms with E-state index in [4.69, 9.17) is 19.0 Å². The van der Waals surface area contributed by atoms with Crippen LogP contribution in [-0.2, 0) is 28.9 Å². The molecule has 192 valence electrons. The van der Waals surface area contributed by atoms with Gasteiger partial charge in [0.15, 0.2) is 0 Å². The topological polar surface area (TPSA) is 102 Å². The number of carboxylic acids is 1. The molecule has 0 aliphatic rings. The van der Waals surface area contributed by atoms with Gasteiger partial charge in [0.25, 0.3) is 0 Å². The first-order valence-corrected chi connectivity index (χ1v) is 12.5. The van der Waals surface area contributed by atoms with Gasteiger partial charge in [0.1, 0.15) is 11.5 Å². The van der Waals surface area contributed by atoms with Crippen LogP contribution in [0.25, 0.3) is 11.5 Å². The zero-order chi connectivity index (χ0) is 26.2. The van der Waals surface area contributed by atoms with Crippen LogP contribution in [0, 0.1) is 6.92 Å². The van der Waals surface area contributed by atoms with Crippen molar-refractivity contribution in [3.63, 3.8) is 0 Å². The van der Waals surface area contributed by atoms with Crippen LogP contribution in [0.4, 0.5) is 4.79 Å². The maximum Gasteiger partial charge on any atom is 0.410 e. The number of aliphatic carboxylic acids is 1. The number of aryl methyl sites for hydroxylation is 2. The first-order valence-electron chi connectivity index (χ1n) is 11.7. The second kappa shape index (κ2) is 12.6. The minimum atomic E-state index is -0.876. The van der Waals surface area contributed by atoms with Crippen LogP contribution in [0.1, 0.15) is 42.8 Å². The van der Waals surface area contributed by atoms with E-state index in [1.165, 1.54) is 4.90 Å². The molecule has 2 aromatic carbocycles. The molecule has 0 radical (unpaired) electrons. The molecule has 0 aliphatic heterocycles. The third-order valence-corrected chi connectivity index (χ3v) is 5.91. The van der Waals surface area contributed by atoms with E-state index in [0.717, 1.165) is 32.6 Å². The molecule has 1 aromatic heterocycles. The molecule has 0 fully saturated rings. The van der Waals surface area contributed by atoms with Gasteiger partial charge in [0.05, 0.1) is 18.4 Å². The van der Waals surface area contributed by atoms with Crippen LogP contribution < -0.4 is 4.74 Å². The Morgan fingerprint density at radius 1 is 1.14 bits per heavy atom. The Hall–Kier alpha value is -3.33. The Kier molecular flexibility index (Phi) is 9.52. The number of carbonyl (C=O) groups excluding carboxylic acids is 1. The lowest BCUT2D eigenvalue weighted by molar-refractivity contribution is -0.136. The van der Waals surface area contributed by atoms with Crippen molar-refractivity contribution in [2.75, 3.05) is 13.7 Å². The Morgan fingerprint density at radius 3 is 2.61 bits per heavy atom. The minimum Gasteiger partial charge on any atom is -0.493 e. The fourth-order valence-electron chi connectivity index (χ4n) is 3.61. The van der Waals surface area contributed by atoms with E-state index < -0.39 is 12.1 Å². The molecule has 1 N–H and O–H groups in total. The molecule has 3 rings (SSSR count). The summed E-state index contributed by atoms with van der Waals surface area (Å²) in [6.45, 7) is 6.11. The summed E-state index contributed by atoms with van der Waals surface area (Å²) < 4.78 is 18.0. The highest BCUT2D eigenvalue weighted by molar-refractivity contribution is 9.10. The predicted octanol–water partition coefficient (Wildman–Crippen LogP) is 6.03. The Morgan fingerprint density at radius 2 is 1.92 bits per heavy atom. The molecule has 3 aromatic rings. The van der Waals surface area contributed by atoms with Gasteiger partial charge in [-0.15, -0.1) is 0 Å². The summed E-state index contributed by atoms with van der Waals surface area (Å²) in [6, 6.07) is 13.3. The lowest BCUT2D eigenvalue weighted by atomic mass is 10.0. The zero-order valence-electron chi connectivity index (χ0n) is 20.9. The Balaban J connectivity index is 1.68. The van der Waals surface area contributed by atoms with Gasteiger partial charge < -0.3 is 23.9 Å². The summed E-state index contributed by atoms with van der Waals surface area (Å²) in [4.78, 5) is 29.4. The van der Waals surface area contributed by atoms with Crippen molar-refractivity contribution in [2.45, 2.75) is 52.7 Å². The number of hydrogen-bond donors (Lipinski definition) is 1. The van der Waals surface area contributed by atoms with Crippen LogP contribution in [0.3, 0.4) is 0 Å². The molecule has 0 spiro atoms. The Labute approximate surface area is 219 Å². The van der Waals surface area contributed by atoms with Crippen molar-refractivity contribution in [3.05, 3.63) is 69.5 Å². The van der Waals surface area contributed by atoms with Crippen LogP contribution in [0.2, 0.25) is 0 Å². The lowest BCUT2D eigenvalue weighted by Gasteiger charge is -2.21. The molecule has 8 nitrogen and oxygen atoms in total. The van der Waals surface area contributed by atoms with Crippen molar-refractivity contribution in [1.29, 1.82) is 0 Å². The summed E-state index contributed by atoms with van der Waals surface area (Å²) in [7, 11) is 1.65. The molecule has 0 atom stereocenters. The third-order valence-electron chi connectivity index (χ3n) is 5.41. The SMILES string of the molecule is Cc1oc(-c2cccc(Br)c2)nc1CCOc1ccc(CCC(=O)O)c(CN(C)C(=O)OC(C)C)c1. The van der Waals surface area contributed by atoms with E-state index in [1.54, 1.807) is 20.9 Å². The van der Waals surface area contributed by atoms with Crippen molar-refractivity contribution >= 4 is 28.0 Å². The number of hydrogen-bond acceptors (Lipinski definition) is 6. The van der Waals surface area contributed by atoms with E-state index >= 15 is 0 Å². The minimum absolute atomic E-state index is 0.000880. The van der Waals surface area contributed by atoms with Gasteiger partial charge in [0.2, 0.25) is 5.89 Å². The summed E-state index contributed by atoms with van der Waals surface area (Å²) in [5, 5.41) is 9.10. The molecule has 0 saturated heterocycles. The van der Waals surface area contributed by atoms with Crippen LogP contribution >= 0.6 is 15.9 Å². The average Bonchev–Trinajstić information content (AvgIpc) is 3.18. The van der Waals surface area contributed by atoms with Gasteiger partial charge in [-0.3, -0.25) is 4.79 Å². The van der Waals surface area contributed by atoms with Crippen LogP contribution in [-0.4, -0.2) is 46.8 Å². The fraction of sp³-hybridized carbons (Fsp3) is 0.370. The molecule has 36 heavy (non-hydrogen) atoms. The highest BCUT2D eigenvalue weighted by atomic mass is 79.9. The van der Waals surface area contributed by atoms with E-state index in [-0.39, 0.29) is 19.1 Å². The highest BCUT2D eigenvalue weighted by Crippen LogP contribution is 2.25. The van der Waals surface area contributed by atoms with Crippen molar-refractivity contribution < 1.29 is 28.6 Å². The number of carboxylic acid groups (broad SMARTS) is 1. The fourth-order valence-corrected chi connectivity index (χ4v) is 4.01. The molecule has 0 aliphatic carbocycles. The molecule has 1 amide bonds. The van der Waals surface area contributed by atoms with Crippen LogP contribution in [0.15, 0.2) is 51.4 Å². The number of amides is 1. The second-order valence-corrected chi connectivity index (χ2v) is 9.66. The average molecular weight is 559 g/mol. The third kappa shape index (κ3) is 7.84. The number of oxazole rings is 1. The number of benzene rings is 2. The quantitative estimate of drug-likeness (QED) is 0.306. The smallest absolute Gasteiger partial charge is 0.410 e. The van der Waals surface area contributed by atoms with Gasteiger partial charge in [-0.25, -0.2) is 9.78 Å².